The van der Waals surface area contributed by atoms with E-state index in [4.69, 9.17) is 9.52 Å². The molecule has 4 aromatic rings. The Labute approximate surface area is 180 Å². The van der Waals surface area contributed by atoms with E-state index in [1.54, 1.807) is 24.3 Å². The van der Waals surface area contributed by atoms with E-state index in [9.17, 15) is 9.90 Å². The molecule has 156 valence electrons. The topological polar surface area (TPSA) is 80.3 Å². The van der Waals surface area contributed by atoms with Gasteiger partial charge in [-0.25, -0.2) is 0 Å². The number of rotatable bonds is 6. The number of aromatic nitrogens is 2. The fraction of sp³-hybridized carbons (Fsp3) is 0.200. The second-order valence-electron chi connectivity index (χ2n) is 7.89. The molecule has 6 nitrogen and oxygen atoms in total. The van der Waals surface area contributed by atoms with E-state index in [1.807, 2.05) is 18.2 Å². The zero-order chi connectivity index (χ0) is 21.2. The van der Waals surface area contributed by atoms with Crippen molar-refractivity contribution in [1.29, 1.82) is 0 Å². The van der Waals surface area contributed by atoms with Crippen molar-refractivity contribution >= 4 is 11.6 Å². The number of hydrogen-bond donors (Lipinski definition) is 2. The van der Waals surface area contributed by atoms with Gasteiger partial charge in [-0.15, -0.1) is 0 Å². The maximum absolute atomic E-state index is 12.2. The molecule has 6 heteroatoms. The highest BCUT2D eigenvalue weighted by Gasteiger charge is 2.25. The van der Waals surface area contributed by atoms with Crippen molar-refractivity contribution < 1.29 is 14.3 Å². The zero-order valence-corrected chi connectivity index (χ0v) is 17.0. The molecular formula is C25H23N3O3. The predicted octanol–water partition coefficient (Wildman–Crippen LogP) is 5.42. The highest BCUT2D eigenvalue weighted by Crippen LogP contribution is 2.39. The van der Waals surface area contributed by atoms with Gasteiger partial charge in [0.15, 0.2) is 5.76 Å². The molecule has 0 bridgehead atoms. The standard InChI is InChI=1S/C25H23N3O3/c29-23-14-19(26-25(30)24-10-5-13-31-24)11-12-20(23)21-15-22(18-8-4-9-18)28(27-21)16-17-6-2-1-3-7-17/h1-3,5-7,10-15,18,29H,4,8-9,16H2,(H,26,30). The first-order chi connectivity index (χ1) is 15.2. The van der Waals surface area contributed by atoms with E-state index in [2.05, 4.69) is 28.2 Å². The minimum atomic E-state index is -0.364. The van der Waals surface area contributed by atoms with E-state index >= 15 is 0 Å². The van der Waals surface area contributed by atoms with Gasteiger partial charge in [0.1, 0.15) is 5.75 Å². The van der Waals surface area contributed by atoms with Crippen molar-refractivity contribution in [2.45, 2.75) is 31.7 Å². The van der Waals surface area contributed by atoms with E-state index in [0.717, 1.165) is 5.69 Å². The van der Waals surface area contributed by atoms with Crippen molar-refractivity contribution in [2.24, 2.45) is 0 Å². The number of carbonyl (C=O) groups excluding carboxylic acids is 1. The summed E-state index contributed by atoms with van der Waals surface area (Å²) in [4.78, 5) is 12.2. The third-order valence-electron chi connectivity index (χ3n) is 5.79. The van der Waals surface area contributed by atoms with E-state index in [-0.39, 0.29) is 17.4 Å². The van der Waals surface area contributed by atoms with E-state index < -0.39 is 0 Å². The first-order valence-electron chi connectivity index (χ1n) is 10.5. The van der Waals surface area contributed by atoms with Gasteiger partial charge in [0, 0.05) is 28.9 Å². The van der Waals surface area contributed by atoms with Gasteiger partial charge in [0.2, 0.25) is 0 Å². The summed E-state index contributed by atoms with van der Waals surface area (Å²) in [6, 6.07) is 20.7. The van der Waals surface area contributed by atoms with Gasteiger partial charge in [0.25, 0.3) is 5.91 Å². The van der Waals surface area contributed by atoms with Gasteiger partial charge in [-0.05, 0) is 48.7 Å². The normalized spacial score (nSPS) is 13.7. The Hall–Kier alpha value is -3.80. The van der Waals surface area contributed by atoms with Gasteiger partial charge in [-0.2, -0.15) is 5.10 Å². The Morgan fingerprint density at radius 1 is 1.10 bits per heavy atom. The Bertz CT molecular complexity index is 1190. The number of nitrogens with zero attached hydrogens (tertiary/aromatic N) is 2. The van der Waals surface area contributed by atoms with Crippen molar-refractivity contribution in [2.75, 3.05) is 5.32 Å². The largest absolute Gasteiger partial charge is 0.507 e. The Morgan fingerprint density at radius 2 is 1.94 bits per heavy atom. The van der Waals surface area contributed by atoms with E-state index in [1.165, 1.54) is 42.8 Å². The lowest BCUT2D eigenvalue weighted by atomic mass is 9.82. The molecule has 1 aliphatic rings. The van der Waals surface area contributed by atoms with Crippen molar-refractivity contribution in [3.63, 3.8) is 0 Å². The minimum absolute atomic E-state index is 0.0711. The number of hydrogen-bond acceptors (Lipinski definition) is 4. The second kappa shape index (κ2) is 8.14. The fourth-order valence-corrected chi connectivity index (χ4v) is 3.90. The highest BCUT2D eigenvalue weighted by atomic mass is 16.3. The quantitative estimate of drug-likeness (QED) is 0.442. The number of anilines is 1. The monoisotopic (exact) mass is 413 g/mol. The van der Waals surface area contributed by atoms with Crippen LogP contribution in [0.3, 0.4) is 0 Å². The summed E-state index contributed by atoms with van der Waals surface area (Å²) in [5, 5.41) is 18.2. The molecule has 31 heavy (non-hydrogen) atoms. The number of amides is 1. The van der Waals surface area contributed by atoms with Crippen LogP contribution in [0.4, 0.5) is 5.69 Å². The maximum Gasteiger partial charge on any atom is 0.291 e. The first-order valence-corrected chi connectivity index (χ1v) is 10.5. The molecule has 0 unspecified atom stereocenters. The molecule has 0 radical (unpaired) electrons. The Balaban J connectivity index is 1.42. The number of carbonyl (C=O) groups is 1. The van der Waals surface area contributed by atoms with Gasteiger partial charge < -0.3 is 14.8 Å². The van der Waals surface area contributed by atoms with Gasteiger partial charge in [0.05, 0.1) is 18.5 Å². The van der Waals surface area contributed by atoms with Gasteiger partial charge in [-0.1, -0.05) is 36.8 Å². The molecule has 0 spiro atoms. The zero-order valence-electron chi connectivity index (χ0n) is 17.0. The summed E-state index contributed by atoms with van der Waals surface area (Å²) in [6.07, 6.45) is 5.03. The van der Waals surface area contributed by atoms with Crippen molar-refractivity contribution in [1.82, 2.24) is 9.78 Å². The smallest absolute Gasteiger partial charge is 0.291 e. The third-order valence-corrected chi connectivity index (χ3v) is 5.79. The maximum atomic E-state index is 12.2. The van der Waals surface area contributed by atoms with Crippen molar-refractivity contribution in [3.05, 3.63) is 90.0 Å². The highest BCUT2D eigenvalue weighted by molar-refractivity contribution is 6.02. The summed E-state index contributed by atoms with van der Waals surface area (Å²) in [5.74, 6) is 0.436. The fourth-order valence-electron chi connectivity index (χ4n) is 3.90. The number of aromatic hydroxyl groups is 1. The molecule has 2 heterocycles. The van der Waals surface area contributed by atoms with Crippen LogP contribution in [0.1, 0.15) is 47.0 Å². The van der Waals surface area contributed by atoms with Crippen LogP contribution in [0, 0.1) is 0 Å². The molecule has 5 rings (SSSR count). The molecule has 1 saturated carbocycles. The molecule has 2 aromatic heterocycles. The summed E-state index contributed by atoms with van der Waals surface area (Å²) in [5.41, 5.74) is 4.27. The van der Waals surface area contributed by atoms with Crippen LogP contribution in [0.2, 0.25) is 0 Å². The number of nitrogens with one attached hydrogen (secondary N) is 1. The number of phenolic OH excluding ortho intramolecular Hbond substituents is 1. The summed E-state index contributed by atoms with van der Waals surface area (Å²) >= 11 is 0. The average Bonchev–Trinajstić information content (AvgIpc) is 3.39. The van der Waals surface area contributed by atoms with E-state index in [0.29, 0.717) is 23.7 Å². The minimum Gasteiger partial charge on any atom is -0.507 e. The molecule has 0 aliphatic heterocycles. The van der Waals surface area contributed by atoms with Gasteiger partial charge >= 0.3 is 0 Å². The molecule has 0 atom stereocenters. The van der Waals surface area contributed by atoms with Crippen LogP contribution in [-0.4, -0.2) is 20.8 Å². The molecule has 1 fully saturated rings. The molecule has 1 aliphatic carbocycles. The molecule has 2 N–H and O–H groups in total. The Morgan fingerprint density at radius 3 is 2.61 bits per heavy atom. The number of benzene rings is 2. The summed E-state index contributed by atoms with van der Waals surface area (Å²) < 4.78 is 7.16. The Kier molecular flexibility index (Phi) is 5.04. The lowest BCUT2D eigenvalue weighted by Crippen LogP contribution is -2.15. The van der Waals surface area contributed by atoms with Crippen LogP contribution in [-0.2, 0) is 6.54 Å². The molecule has 2 aromatic carbocycles. The van der Waals surface area contributed by atoms with Crippen molar-refractivity contribution in [3.8, 4) is 17.0 Å². The van der Waals surface area contributed by atoms with Gasteiger partial charge in [-0.3, -0.25) is 9.48 Å². The third kappa shape index (κ3) is 3.97. The molecule has 0 saturated heterocycles. The first kappa shape index (κ1) is 19.2. The van der Waals surface area contributed by atoms with Crippen LogP contribution in [0.5, 0.6) is 5.75 Å². The van der Waals surface area contributed by atoms with Crippen LogP contribution < -0.4 is 5.32 Å². The SMILES string of the molecule is O=C(Nc1ccc(-c2cc(C3CCC3)n(Cc3ccccc3)n2)c(O)c1)c1ccco1. The second-order valence-corrected chi connectivity index (χ2v) is 7.89. The lowest BCUT2D eigenvalue weighted by molar-refractivity contribution is 0.0996. The lowest BCUT2D eigenvalue weighted by Gasteiger charge is -2.26. The van der Waals surface area contributed by atoms with Crippen LogP contribution >= 0.6 is 0 Å². The van der Waals surface area contributed by atoms with Crippen LogP contribution in [0.15, 0.2) is 77.4 Å². The summed E-state index contributed by atoms with van der Waals surface area (Å²) in [6.45, 7) is 0.699. The number of phenols is 1. The predicted molar refractivity (Wildman–Crippen MR) is 118 cm³/mol. The average molecular weight is 413 g/mol. The number of furan rings is 1. The molecule has 1 amide bonds. The van der Waals surface area contributed by atoms with Crippen LogP contribution in [0.25, 0.3) is 11.3 Å². The summed E-state index contributed by atoms with van der Waals surface area (Å²) in [7, 11) is 0. The molecular weight excluding hydrogens is 390 g/mol.